The van der Waals surface area contributed by atoms with Crippen LogP contribution in [0, 0.1) is 6.92 Å². The van der Waals surface area contributed by atoms with E-state index in [1.807, 2.05) is 49.4 Å². The minimum atomic E-state index is -1.06. The van der Waals surface area contributed by atoms with Gasteiger partial charge >= 0.3 is 5.97 Å². The van der Waals surface area contributed by atoms with Gasteiger partial charge in [-0.1, -0.05) is 29.8 Å². The van der Waals surface area contributed by atoms with Crippen LogP contribution in [0.1, 0.15) is 17.2 Å². The Labute approximate surface area is 115 Å². The highest BCUT2D eigenvalue weighted by Gasteiger charge is 2.20. The summed E-state index contributed by atoms with van der Waals surface area (Å²) in [5, 5.41) is 10.9. The second-order valence-corrected chi connectivity index (χ2v) is 4.88. The summed E-state index contributed by atoms with van der Waals surface area (Å²) in [6.45, 7) is 1.96. The molecule has 0 unspecified atom stereocenters. The number of hydrogen-bond donors (Lipinski definition) is 2. The maximum absolute atomic E-state index is 11.3. The molecule has 3 rings (SSSR count). The van der Waals surface area contributed by atoms with E-state index in [9.17, 15) is 9.90 Å². The van der Waals surface area contributed by atoms with Crippen LogP contribution >= 0.6 is 0 Å². The number of fused-ring (bicyclic) bond motifs is 2. The molecule has 4 nitrogen and oxygen atoms in total. The maximum atomic E-state index is 11.3. The summed E-state index contributed by atoms with van der Waals surface area (Å²) >= 11 is 0. The summed E-state index contributed by atoms with van der Waals surface area (Å²) in [5.41, 5.74) is 9.09. The van der Waals surface area contributed by atoms with E-state index in [2.05, 4.69) is 4.98 Å². The van der Waals surface area contributed by atoms with Crippen molar-refractivity contribution in [3.05, 3.63) is 53.6 Å². The number of hydrogen-bond acceptors (Lipinski definition) is 3. The predicted molar refractivity (Wildman–Crippen MR) is 78.6 cm³/mol. The first-order valence-corrected chi connectivity index (χ1v) is 6.35. The number of carboxylic acid groups (broad SMARTS) is 1. The van der Waals surface area contributed by atoms with Crippen molar-refractivity contribution in [1.29, 1.82) is 0 Å². The number of aryl methyl sites for hydroxylation is 1. The summed E-state index contributed by atoms with van der Waals surface area (Å²) in [5.74, 6) is -1.04. The fourth-order valence-corrected chi connectivity index (χ4v) is 2.50. The van der Waals surface area contributed by atoms with Crippen LogP contribution in [0.5, 0.6) is 0 Å². The highest BCUT2D eigenvalue weighted by atomic mass is 16.4. The van der Waals surface area contributed by atoms with Gasteiger partial charge in [-0.15, -0.1) is 0 Å². The SMILES string of the molecule is Cc1ccc2nc3ccccc3c([C@H](N)C(=O)O)c2c1. The number of carboxylic acids is 1. The van der Waals surface area contributed by atoms with Crippen molar-refractivity contribution in [1.82, 2.24) is 4.98 Å². The molecular formula is C16H14N2O2. The van der Waals surface area contributed by atoms with Crippen molar-refractivity contribution in [2.24, 2.45) is 5.73 Å². The molecule has 1 atom stereocenters. The van der Waals surface area contributed by atoms with E-state index in [1.54, 1.807) is 0 Å². The van der Waals surface area contributed by atoms with E-state index in [1.165, 1.54) is 0 Å². The van der Waals surface area contributed by atoms with Gasteiger partial charge in [-0.2, -0.15) is 0 Å². The fourth-order valence-electron chi connectivity index (χ4n) is 2.50. The molecule has 0 saturated carbocycles. The second kappa shape index (κ2) is 4.58. The van der Waals surface area contributed by atoms with Gasteiger partial charge in [0.25, 0.3) is 0 Å². The van der Waals surface area contributed by atoms with Gasteiger partial charge in [0.15, 0.2) is 0 Å². The molecule has 0 aliphatic rings. The van der Waals surface area contributed by atoms with E-state index >= 15 is 0 Å². The van der Waals surface area contributed by atoms with Crippen LogP contribution in [-0.4, -0.2) is 16.1 Å². The Morgan fingerprint density at radius 2 is 1.85 bits per heavy atom. The summed E-state index contributed by atoms with van der Waals surface area (Å²) in [7, 11) is 0. The van der Waals surface area contributed by atoms with Crippen molar-refractivity contribution in [3.8, 4) is 0 Å². The summed E-state index contributed by atoms with van der Waals surface area (Å²) in [6.07, 6.45) is 0. The van der Waals surface area contributed by atoms with Crippen LogP contribution in [0.4, 0.5) is 0 Å². The van der Waals surface area contributed by atoms with E-state index < -0.39 is 12.0 Å². The molecule has 0 amide bonds. The molecule has 2 aromatic carbocycles. The monoisotopic (exact) mass is 266 g/mol. The molecule has 0 bridgehead atoms. The van der Waals surface area contributed by atoms with Crippen LogP contribution in [0.25, 0.3) is 21.8 Å². The molecule has 0 fully saturated rings. The first kappa shape index (κ1) is 12.6. The van der Waals surface area contributed by atoms with Crippen LogP contribution in [0.3, 0.4) is 0 Å². The molecule has 3 aromatic rings. The molecule has 0 aliphatic heterocycles. The largest absolute Gasteiger partial charge is 0.480 e. The number of benzene rings is 2. The van der Waals surface area contributed by atoms with Gasteiger partial charge in [-0.05, 0) is 30.7 Å². The van der Waals surface area contributed by atoms with Gasteiger partial charge in [0.1, 0.15) is 6.04 Å². The molecule has 4 heteroatoms. The molecule has 0 radical (unpaired) electrons. The topological polar surface area (TPSA) is 76.2 Å². The Hall–Kier alpha value is -2.46. The Kier molecular flexibility index (Phi) is 2.88. The quantitative estimate of drug-likeness (QED) is 0.699. The molecule has 0 saturated heterocycles. The number of carbonyl (C=O) groups is 1. The lowest BCUT2D eigenvalue weighted by Crippen LogP contribution is -2.21. The number of rotatable bonds is 2. The number of pyridine rings is 1. The number of aromatic nitrogens is 1. The van der Waals surface area contributed by atoms with Crippen LogP contribution < -0.4 is 5.73 Å². The van der Waals surface area contributed by atoms with Gasteiger partial charge in [-0.3, -0.25) is 4.79 Å². The lowest BCUT2D eigenvalue weighted by atomic mass is 9.96. The van der Waals surface area contributed by atoms with Gasteiger partial charge in [0, 0.05) is 10.8 Å². The Morgan fingerprint density at radius 1 is 1.15 bits per heavy atom. The summed E-state index contributed by atoms with van der Waals surface area (Å²) in [4.78, 5) is 15.9. The van der Waals surface area contributed by atoms with Crippen molar-refractivity contribution in [2.45, 2.75) is 13.0 Å². The third-order valence-electron chi connectivity index (χ3n) is 3.45. The second-order valence-electron chi connectivity index (χ2n) is 4.88. The van der Waals surface area contributed by atoms with E-state index in [4.69, 9.17) is 5.73 Å². The Bertz CT molecular complexity index is 827. The molecule has 3 N–H and O–H groups in total. The fraction of sp³-hybridized carbons (Fsp3) is 0.125. The molecule has 20 heavy (non-hydrogen) atoms. The molecule has 1 heterocycles. The average molecular weight is 266 g/mol. The standard InChI is InChI=1S/C16H14N2O2/c1-9-6-7-13-11(8-9)14(15(17)16(19)20)10-4-2-3-5-12(10)18-13/h2-8,15H,17H2,1H3,(H,19,20)/t15-/m0/s1. The van der Waals surface area contributed by atoms with Crippen molar-refractivity contribution < 1.29 is 9.90 Å². The molecule has 100 valence electrons. The number of para-hydroxylation sites is 1. The highest BCUT2D eigenvalue weighted by Crippen LogP contribution is 2.30. The number of nitrogens with zero attached hydrogens (tertiary/aromatic N) is 1. The predicted octanol–water partition coefficient (Wildman–Crippen LogP) is 2.78. The van der Waals surface area contributed by atoms with Gasteiger partial charge in [0.05, 0.1) is 11.0 Å². The third kappa shape index (κ3) is 1.90. The average Bonchev–Trinajstić information content (AvgIpc) is 2.44. The van der Waals surface area contributed by atoms with Gasteiger partial charge in [0.2, 0.25) is 0 Å². The molecule has 0 aliphatic carbocycles. The maximum Gasteiger partial charge on any atom is 0.325 e. The van der Waals surface area contributed by atoms with Crippen molar-refractivity contribution >= 4 is 27.8 Å². The summed E-state index contributed by atoms with van der Waals surface area (Å²) < 4.78 is 0. The summed E-state index contributed by atoms with van der Waals surface area (Å²) in [6, 6.07) is 12.2. The Morgan fingerprint density at radius 3 is 2.60 bits per heavy atom. The normalized spacial score (nSPS) is 12.7. The van der Waals surface area contributed by atoms with E-state index in [0.29, 0.717) is 5.56 Å². The Balaban J connectivity index is 2.50. The minimum absolute atomic E-state index is 0.627. The first-order chi connectivity index (χ1) is 9.58. The van der Waals surface area contributed by atoms with Gasteiger partial charge < -0.3 is 10.8 Å². The molecule has 1 aromatic heterocycles. The van der Waals surface area contributed by atoms with Gasteiger partial charge in [-0.25, -0.2) is 4.98 Å². The zero-order valence-electron chi connectivity index (χ0n) is 11.0. The van der Waals surface area contributed by atoms with Crippen molar-refractivity contribution in [2.75, 3.05) is 0 Å². The number of nitrogens with two attached hydrogens (primary N) is 1. The van der Waals surface area contributed by atoms with Crippen LogP contribution in [0.2, 0.25) is 0 Å². The molecule has 0 spiro atoms. The third-order valence-corrected chi connectivity index (χ3v) is 3.45. The lowest BCUT2D eigenvalue weighted by molar-refractivity contribution is -0.138. The zero-order chi connectivity index (χ0) is 14.3. The van der Waals surface area contributed by atoms with Crippen LogP contribution in [-0.2, 0) is 4.79 Å². The first-order valence-electron chi connectivity index (χ1n) is 6.35. The highest BCUT2D eigenvalue weighted by molar-refractivity contribution is 6.01. The zero-order valence-corrected chi connectivity index (χ0v) is 11.0. The number of aliphatic carboxylic acids is 1. The molecular weight excluding hydrogens is 252 g/mol. The lowest BCUT2D eigenvalue weighted by Gasteiger charge is -2.14. The van der Waals surface area contributed by atoms with Crippen molar-refractivity contribution in [3.63, 3.8) is 0 Å². The van der Waals surface area contributed by atoms with E-state index in [-0.39, 0.29) is 0 Å². The smallest absolute Gasteiger partial charge is 0.325 e. The minimum Gasteiger partial charge on any atom is -0.480 e. The van der Waals surface area contributed by atoms with Crippen LogP contribution in [0.15, 0.2) is 42.5 Å². The van der Waals surface area contributed by atoms with E-state index in [0.717, 1.165) is 27.4 Å².